The van der Waals surface area contributed by atoms with Gasteiger partial charge in [0.05, 0.1) is 17.0 Å². The number of alkyl halides is 3. The van der Waals surface area contributed by atoms with E-state index in [1.807, 2.05) is 4.72 Å². The number of nitrogens with zero attached hydrogens (tertiary/aromatic N) is 1. The van der Waals surface area contributed by atoms with Gasteiger partial charge in [-0.1, -0.05) is 6.07 Å². The highest BCUT2D eigenvalue weighted by molar-refractivity contribution is 7.89. The lowest BCUT2D eigenvalue weighted by atomic mass is 10.2. The second kappa shape index (κ2) is 8.35. The summed E-state index contributed by atoms with van der Waals surface area (Å²) in [4.78, 5) is 13.0. The molecule has 1 unspecified atom stereocenters. The predicted molar refractivity (Wildman–Crippen MR) is 87.7 cm³/mol. The van der Waals surface area contributed by atoms with Crippen LogP contribution in [0.25, 0.3) is 0 Å². The van der Waals surface area contributed by atoms with Crippen LogP contribution in [0.4, 0.5) is 13.2 Å². The number of benzene rings is 1. The van der Waals surface area contributed by atoms with E-state index in [-0.39, 0.29) is 25.0 Å². The number of carbonyl (C=O) groups is 1. The Morgan fingerprint density at radius 3 is 2.64 bits per heavy atom. The lowest BCUT2D eigenvalue weighted by Crippen LogP contribution is -2.45. The Balaban J connectivity index is 0.00000312. The maximum Gasteiger partial charge on any atom is 0.416 e. The molecular formula is C14H19ClF3N3O3S. The monoisotopic (exact) mass is 401 g/mol. The van der Waals surface area contributed by atoms with Crippen LogP contribution >= 0.6 is 12.4 Å². The topological polar surface area (TPSA) is 92.5 Å². The van der Waals surface area contributed by atoms with E-state index in [9.17, 15) is 26.4 Å². The third-order valence-corrected chi connectivity index (χ3v) is 5.25. The van der Waals surface area contributed by atoms with Gasteiger partial charge in [-0.2, -0.15) is 13.2 Å². The highest BCUT2D eigenvalue weighted by Gasteiger charge is 2.32. The van der Waals surface area contributed by atoms with Gasteiger partial charge in [0.15, 0.2) is 0 Å². The van der Waals surface area contributed by atoms with Crippen LogP contribution in [0.5, 0.6) is 0 Å². The fraction of sp³-hybridized carbons (Fsp3) is 0.500. The lowest BCUT2D eigenvalue weighted by molar-refractivity contribution is -0.137. The fourth-order valence-corrected chi connectivity index (χ4v) is 3.61. The first-order valence-corrected chi connectivity index (χ1v) is 8.80. The third kappa shape index (κ3) is 5.30. The molecule has 0 bridgehead atoms. The van der Waals surface area contributed by atoms with Gasteiger partial charge in [0.1, 0.15) is 0 Å². The Hall–Kier alpha value is -1.36. The number of likely N-dealkylation sites (tertiary alicyclic amines) is 1. The summed E-state index contributed by atoms with van der Waals surface area (Å²) in [5.41, 5.74) is 4.48. The average molecular weight is 402 g/mol. The molecule has 0 saturated carbocycles. The molecule has 0 aliphatic carbocycles. The van der Waals surface area contributed by atoms with E-state index >= 15 is 0 Å². The minimum atomic E-state index is -4.65. The molecule has 0 radical (unpaired) electrons. The van der Waals surface area contributed by atoms with Crippen molar-refractivity contribution in [3.63, 3.8) is 0 Å². The molecule has 0 aromatic heterocycles. The van der Waals surface area contributed by atoms with Gasteiger partial charge in [-0.15, -0.1) is 12.4 Å². The zero-order valence-corrected chi connectivity index (χ0v) is 14.8. The summed E-state index contributed by atoms with van der Waals surface area (Å²) in [7, 11) is -4.22. The van der Waals surface area contributed by atoms with E-state index in [1.165, 1.54) is 4.90 Å². The van der Waals surface area contributed by atoms with Crippen molar-refractivity contribution in [3.05, 3.63) is 29.8 Å². The molecule has 142 valence electrons. The van der Waals surface area contributed by atoms with Crippen molar-refractivity contribution >= 4 is 28.3 Å². The molecule has 1 heterocycles. The molecule has 6 nitrogen and oxygen atoms in total. The number of rotatable bonds is 5. The molecule has 1 aromatic rings. The van der Waals surface area contributed by atoms with Gasteiger partial charge < -0.3 is 10.6 Å². The largest absolute Gasteiger partial charge is 0.416 e. The lowest BCUT2D eigenvalue weighted by Gasteiger charge is -2.23. The normalized spacial score (nSPS) is 18.1. The minimum Gasteiger partial charge on any atom is -0.337 e. The number of amides is 1. The number of nitrogens with one attached hydrogen (secondary N) is 1. The first kappa shape index (κ1) is 21.7. The molecule has 1 atom stereocenters. The molecule has 1 amide bonds. The summed E-state index contributed by atoms with van der Waals surface area (Å²) >= 11 is 0. The number of sulfonamides is 1. The Morgan fingerprint density at radius 2 is 2.04 bits per heavy atom. The number of hydrogen-bond donors (Lipinski definition) is 2. The predicted octanol–water partition coefficient (Wildman–Crippen LogP) is 1.36. The Kier molecular flexibility index (Phi) is 7.24. The van der Waals surface area contributed by atoms with Gasteiger partial charge in [0.25, 0.3) is 0 Å². The van der Waals surface area contributed by atoms with Crippen molar-refractivity contribution in [2.24, 2.45) is 5.73 Å². The van der Waals surface area contributed by atoms with Gasteiger partial charge in [0, 0.05) is 19.1 Å². The van der Waals surface area contributed by atoms with Crippen LogP contribution in [0, 0.1) is 0 Å². The zero-order chi connectivity index (χ0) is 18.0. The second-order valence-corrected chi connectivity index (χ2v) is 7.24. The molecule has 0 spiro atoms. The zero-order valence-electron chi connectivity index (χ0n) is 13.1. The third-order valence-electron chi connectivity index (χ3n) is 3.85. The SMILES string of the molecule is Cl.NCC1CCCN1C(=O)CNS(=O)(=O)c1cccc(C(F)(F)F)c1. The van der Waals surface area contributed by atoms with E-state index < -0.39 is 39.1 Å². The van der Waals surface area contributed by atoms with E-state index in [0.717, 1.165) is 31.0 Å². The van der Waals surface area contributed by atoms with Gasteiger partial charge in [-0.05, 0) is 31.0 Å². The molecule has 2 rings (SSSR count). The molecule has 1 aliphatic rings. The maximum absolute atomic E-state index is 12.7. The van der Waals surface area contributed by atoms with E-state index in [0.29, 0.717) is 12.6 Å². The highest BCUT2D eigenvalue weighted by Crippen LogP contribution is 2.30. The number of carbonyl (C=O) groups excluding carboxylic acids is 1. The fourth-order valence-electron chi connectivity index (χ4n) is 2.59. The van der Waals surface area contributed by atoms with Gasteiger partial charge in [-0.25, -0.2) is 13.1 Å². The first-order valence-electron chi connectivity index (χ1n) is 7.31. The van der Waals surface area contributed by atoms with Gasteiger partial charge >= 0.3 is 6.18 Å². The smallest absolute Gasteiger partial charge is 0.337 e. The summed E-state index contributed by atoms with van der Waals surface area (Å²) in [6.07, 6.45) is -3.11. The van der Waals surface area contributed by atoms with E-state index in [2.05, 4.69) is 0 Å². The second-order valence-electron chi connectivity index (χ2n) is 5.47. The Bertz CT molecular complexity index is 713. The first-order chi connectivity index (χ1) is 11.1. The summed E-state index contributed by atoms with van der Waals surface area (Å²) in [5, 5.41) is 0. The number of halogens is 4. The van der Waals surface area contributed by atoms with Crippen molar-refractivity contribution in [1.29, 1.82) is 0 Å². The van der Waals surface area contributed by atoms with E-state index in [1.54, 1.807) is 0 Å². The Morgan fingerprint density at radius 1 is 1.36 bits per heavy atom. The van der Waals surface area contributed by atoms with Crippen LogP contribution in [0.15, 0.2) is 29.2 Å². The number of nitrogens with two attached hydrogens (primary N) is 1. The summed E-state index contributed by atoms with van der Waals surface area (Å²) in [5.74, 6) is -0.446. The van der Waals surface area contributed by atoms with Crippen molar-refractivity contribution in [2.45, 2.75) is 30.0 Å². The number of hydrogen-bond acceptors (Lipinski definition) is 4. The molecule has 25 heavy (non-hydrogen) atoms. The summed E-state index contributed by atoms with van der Waals surface area (Å²) in [6.45, 7) is 0.257. The molecule has 1 aromatic carbocycles. The molecule has 11 heteroatoms. The summed E-state index contributed by atoms with van der Waals surface area (Å²) in [6, 6.07) is 3.23. The molecule has 1 fully saturated rings. The molecular weight excluding hydrogens is 383 g/mol. The maximum atomic E-state index is 12.7. The highest BCUT2D eigenvalue weighted by atomic mass is 35.5. The van der Waals surface area contributed by atoms with E-state index in [4.69, 9.17) is 5.73 Å². The van der Waals surface area contributed by atoms with Crippen molar-refractivity contribution < 1.29 is 26.4 Å². The quantitative estimate of drug-likeness (QED) is 0.779. The molecule has 3 N–H and O–H groups in total. The van der Waals surface area contributed by atoms with Crippen molar-refractivity contribution in [3.8, 4) is 0 Å². The minimum absolute atomic E-state index is 0. The van der Waals surface area contributed by atoms with Crippen LogP contribution in [0.1, 0.15) is 18.4 Å². The average Bonchev–Trinajstić information content (AvgIpc) is 3.00. The van der Waals surface area contributed by atoms with Crippen LogP contribution in [0.3, 0.4) is 0 Å². The van der Waals surface area contributed by atoms with Crippen LogP contribution in [0.2, 0.25) is 0 Å². The van der Waals surface area contributed by atoms with Crippen molar-refractivity contribution in [1.82, 2.24) is 9.62 Å². The Labute approximate surface area is 150 Å². The standard InChI is InChI=1S/C14H18F3N3O3S.ClH/c15-14(16,17)10-3-1-5-12(7-10)24(22,23)19-9-13(21)20-6-2-4-11(20)8-18;/h1,3,5,7,11,19H,2,4,6,8-9,18H2;1H. The van der Waals surface area contributed by atoms with Gasteiger partial charge in [-0.3, -0.25) is 4.79 Å². The van der Waals surface area contributed by atoms with Crippen LogP contribution in [-0.2, 0) is 21.0 Å². The van der Waals surface area contributed by atoms with Gasteiger partial charge in [0.2, 0.25) is 15.9 Å². The molecule has 1 aliphatic heterocycles. The van der Waals surface area contributed by atoms with Crippen LogP contribution < -0.4 is 10.5 Å². The molecule has 1 saturated heterocycles. The summed E-state index contributed by atoms with van der Waals surface area (Å²) < 4.78 is 64.3. The van der Waals surface area contributed by atoms with Crippen molar-refractivity contribution in [2.75, 3.05) is 19.6 Å². The van der Waals surface area contributed by atoms with Crippen LogP contribution in [-0.4, -0.2) is 44.9 Å².